The lowest BCUT2D eigenvalue weighted by molar-refractivity contribution is 0.0561. The Morgan fingerprint density at radius 1 is 1.31 bits per heavy atom. The molecule has 0 aliphatic carbocycles. The minimum Gasteiger partial charge on any atom is -0.385 e. The summed E-state index contributed by atoms with van der Waals surface area (Å²) in [7, 11) is 1.66. The number of ether oxygens (including phenoxy) is 1. The van der Waals surface area contributed by atoms with Gasteiger partial charge < -0.3 is 14.2 Å². The molecule has 150 valence electrons. The van der Waals surface area contributed by atoms with E-state index in [0.29, 0.717) is 43.5 Å². The Morgan fingerprint density at radius 3 is 3.00 bits per heavy atom. The Labute approximate surface area is 168 Å². The summed E-state index contributed by atoms with van der Waals surface area (Å²) in [6.45, 7) is 1.67. The topological polar surface area (TPSA) is 107 Å². The number of amides is 1. The predicted molar refractivity (Wildman–Crippen MR) is 103 cm³/mol. The van der Waals surface area contributed by atoms with Gasteiger partial charge in [-0.15, -0.1) is 0 Å². The van der Waals surface area contributed by atoms with E-state index in [1.54, 1.807) is 31.8 Å². The van der Waals surface area contributed by atoms with Gasteiger partial charge in [0.2, 0.25) is 0 Å². The third kappa shape index (κ3) is 4.00. The largest absolute Gasteiger partial charge is 0.385 e. The van der Waals surface area contributed by atoms with Crippen LogP contribution in [0.3, 0.4) is 0 Å². The molecular weight excluding hydrogens is 372 g/mol. The number of nitrogens with zero attached hydrogens (tertiary/aromatic N) is 6. The predicted octanol–water partition coefficient (Wildman–Crippen LogP) is 2.13. The highest BCUT2D eigenvalue weighted by molar-refractivity contribution is 5.92. The summed E-state index contributed by atoms with van der Waals surface area (Å²) in [5.74, 6) is 0.891. The third-order valence-electron chi connectivity index (χ3n) is 5.26. The van der Waals surface area contributed by atoms with E-state index < -0.39 is 5.41 Å². The molecule has 1 aliphatic heterocycles. The molecule has 0 radical (unpaired) electrons. The van der Waals surface area contributed by atoms with Crippen LogP contribution in [0.25, 0.3) is 11.5 Å². The molecule has 9 nitrogen and oxygen atoms in total. The van der Waals surface area contributed by atoms with E-state index in [1.807, 2.05) is 17.0 Å². The molecule has 4 heterocycles. The van der Waals surface area contributed by atoms with E-state index in [9.17, 15) is 4.79 Å². The number of rotatable bonds is 6. The van der Waals surface area contributed by atoms with Crippen LogP contribution in [-0.2, 0) is 10.2 Å². The first-order chi connectivity index (χ1) is 14.2. The summed E-state index contributed by atoms with van der Waals surface area (Å²) in [6, 6.07) is 5.32. The van der Waals surface area contributed by atoms with Gasteiger partial charge in [-0.25, -0.2) is 9.97 Å². The van der Waals surface area contributed by atoms with E-state index in [4.69, 9.17) is 9.26 Å². The van der Waals surface area contributed by atoms with Gasteiger partial charge in [-0.1, -0.05) is 5.16 Å². The van der Waals surface area contributed by atoms with Gasteiger partial charge in [0.05, 0.1) is 11.0 Å². The second-order valence-electron chi connectivity index (χ2n) is 7.11. The first-order valence-electron chi connectivity index (χ1n) is 9.51. The molecule has 0 spiro atoms. The molecule has 1 unspecified atom stereocenters. The summed E-state index contributed by atoms with van der Waals surface area (Å²) in [4.78, 5) is 31.5. The van der Waals surface area contributed by atoms with Gasteiger partial charge in [0.15, 0.2) is 5.82 Å². The molecule has 1 aliphatic rings. The average molecular weight is 394 g/mol. The Kier molecular flexibility index (Phi) is 5.57. The Bertz CT molecular complexity index is 949. The smallest absolute Gasteiger partial charge is 0.272 e. The van der Waals surface area contributed by atoms with Crippen LogP contribution in [0, 0.1) is 0 Å². The highest BCUT2D eigenvalue weighted by Crippen LogP contribution is 2.37. The second-order valence-corrected chi connectivity index (χ2v) is 7.11. The van der Waals surface area contributed by atoms with Crippen molar-refractivity contribution < 1.29 is 14.1 Å². The van der Waals surface area contributed by atoms with Crippen molar-refractivity contribution in [3.05, 3.63) is 54.6 Å². The summed E-state index contributed by atoms with van der Waals surface area (Å²) >= 11 is 0. The van der Waals surface area contributed by atoms with E-state index >= 15 is 0 Å². The zero-order valence-electron chi connectivity index (χ0n) is 16.2. The van der Waals surface area contributed by atoms with Crippen LogP contribution in [-0.4, -0.2) is 62.7 Å². The molecule has 0 saturated carbocycles. The standard InChI is InChI=1S/C20H22N6O3/c1-28-11-7-20(19-24-17(29-25-19)15-4-2-8-21-12-15)6-3-10-26(13-20)18(27)16-5-9-22-14-23-16/h2,4-5,8-9,12,14H,3,6-7,10-11,13H2,1H3. The quantitative estimate of drug-likeness (QED) is 0.626. The molecule has 9 heteroatoms. The van der Waals surface area contributed by atoms with Crippen LogP contribution in [0.1, 0.15) is 35.6 Å². The van der Waals surface area contributed by atoms with Crippen molar-refractivity contribution in [1.29, 1.82) is 0 Å². The van der Waals surface area contributed by atoms with Gasteiger partial charge in [0.25, 0.3) is 11.8 Å². The van der Waals surface area contributed by atoms with Crippen molar-refractivity contribution in [1.82, 2.24) is 30.0 Å². The fourth-order valence-corrected chi connectivity index (χ4v) is 3.73. The van der Waals surface area contributed by atoms with Gasteiger partial charge in [-0.05, 0) is 37.5 Å². The van der Waals surface area contributed by atoms with E-state index in [1.165, 1.54) is 6.33 Å². The number of methoxy groups -OCH3 is 1. The molecule has 0 aromatic carbocycles. The van der Waals surface area contributed by atoms with Crippen molar-refractivity contribution in [2.75, 3.05) is 26.8 Å². The molecule has 3 aromatic heterocycles. The van der Waals surface area contributed by atoms with Crippen LogP contribution < -0.4 is 0 Å². The lowest BCUT2D eigenvalue weighted by Crippen LogP contribution is -2.49. The summed E-state index contributed by atoms with van der Waals surface area (Å²) in [6.07, 6.45) is 8.69. The number of aromatic nitrogens is 5. The van der Waals surface area contributed by atoms with Gasteiger partial charge in [0, 0.05) is 45.4 Å². The fraction of sp³-hybridized carbons (Fsp3) is 0.400. The zero-order valence-corrected chi connectivity index (χ0v) is 16.2. The molecule has 29 heavy (non-hydrogen) atoms. The summed E-state index contributed by atoms with van der Waals surface area (Å²) in [5.41, 5.74) is 0.700. The molecule has 1 atom stereocenters. The highest BCUT2D eigenvalue weighted by Gasteiger charge is 2.42. The van der Waals surface area contributed by atoms with Crippen LogP contribution in [0.5, 0.6) is 0 Å². The van der Waals surface area contributed by atoms with Crippen LogP contribution in [0.2, 0.25) is 0 Å². The first kappa shape index (κ1) is 19.1. The number of carbonyl (C=O) groups is 1. The number of pyridine rings is 1. The molecular formula is C20H22N6O3. The van der Waals surface area contributed by atoms with Crippen molar-refractivity contribution in [2.24, 2.45) is 0 Å². The van der Waals surface area contributed by atoms with E-state index in [0.717, 1.165) is 18.4 Å². The normalized spacial score (nSPS) is 19.3. The second kappa shape index (κ2) is 8.44. The third-order valence-corrected chi connectivity index (χ3v) is 5.26. The Balaban J connectivity index is 1.63. The van der Waals surface area contributed by atoms with Crippen molar-refractivity contribution in [3.8, 4) is 11.5 Å². The van der Waals surface area contributed by atoms with Crippen molar-refractivity contribution in [2.45, 2.75) is 24.7 Å². The average Bonchev–Trinajstić information content (AvgIpc) is 3.30. The first-order valence-corrected chi connectivity index (χ1v) is 9.51. The lowest BCUT2D eigenvalue weighted by atomic mass is 9.76. The number of hydrogen-bond acceptors (Lipinski definition) is 8. The maximum absolute atomic E-state index is 13.0. The fourth-order valence-electron chi connectivity index (χ4n) is 3.73. The highest BCUT2D eigenvalue weighted by atomic mass is 16.5. The minimum absolute atomic E-state index is 0.120. The summed E-state index contributed by atoms with van der Waals surface area (Å²) < 4.78 is 10.9. The maximum atomic E-state index is 13.0. The number of hydrogen-bond donors (Lipinski definition) is 0. The zero-order chi connectivity index (χ0) is 20.1. The molecule has 0 bridgehead atoms. The van der Waals surface area contributed by atoms with Crippen molar-refractivity contribution >= 4 is 5.91 Å². The monoisotopic (exact) mass is 394 g/mol. The number of carbonyl (C=O) groups excluding carboxylic acids is 1. The van der Waals surface area contributed by atoms with Gasteiger partial charge >= 0.3 is 0 Å². The molecule has 1 fully saturated rings. The van der Waals surface area contributed by atoms with E-state index in [-0.39, 0.29) is 5.91 Å². The number of likely N-dealkylation sites (tertiary alicyclic amines) is 1. The Hall–Kier alpha value is -3.20. The van der Waals surface area contributed by atoms with Gasteiger partial charge in [0.1, 0.15) is 12.0 Å². The molecule has 3 aromatic rings. The SMILES string of the molecule is COCCC1(c2noc(-c3cccnc3)n2)CCCN(C(=O)c2ccncn2)C1. The van der Waals surface area contributed by atoms with E-state index in [2.05, 4.69) is 25.1 Å². The van der Waals surface area contributed by atoms with Crippen LogP contribution >= 0.6 is 0 Å². The molecule has 1 amide bonds. The van der Waals surface area contributed by atoms with Gasteiger partial charge in [-0.2, -0.15) is 4.98 Å². The summed E-state index contributed by atoms with van der Waals surface area (Å²) in [5, 5.41) is 4.27. The van der Waals surface area contributed by atoms with Crippen molar-refractivity contribution in [3.63, 3.8) is 0 Å². The number of piperidine rings is 1. The Morgan fingerprint density at radius 2 is 2.24 bits per heavy atom. The maximum Gasteiger partial charge on any atom is 0.272 e. The van der Waals surface area contributed by atoms with Gasteiger partial charge in [-0.3, -0.25) is 9.78 Å². The van der Waals surface area contributed by atoms with Crippen LogP contribution in [0.4, 0.5) is 0 Å². The van der Waals surface area contributed by atoms with Crippen LogP contribution in [0.15, 0.2) is 47.6 Å². The molecule has 4 rings (SSSR count). The minimum atomic E-state index is -0.444. The molecule has 0 N–H and O–H groups in total. The molecule has 1 saturated heterocycles. The lowest BCUT2D eigenvalue weighted by Gasteiger charge is -2.40.